The maximum absolute atomic E-state index is 11.6. The highest BCUT2D eigenvalue weighted by Crippen LogP contribution is 2.10. The molecule has 1 aromatic rings. The Bertz CT molecular complexity index is 355. The smallest absolute Gasteiger partial charge is 0.253 e. The monoisotopic (exact) mass is 228 g/mol. The van der Waals surface area contributed by atoms with Crippen molar-refractivity contribution in [2.24, 2.45) is 0 Å². The van der Waals surface area contributed by atoms with E-state index in [9.17, 15) is 4.79 Å². The van der Waals surface area contributed by atoms with Crippen molar-refractivity contribution in [1.82, 2.24) is 10.3 Å². The normalized spacial score (nSPS) is 10.1. The van der Waals surface area contributed by atoms with Crippen molar-refractivity contribution in [3.05, 3.63) is 28.5 Å². The van der Waals surface area contributed by atoms with Crippen molar-refractivity contribution >= 4 is 17.5 Å². The lowest BCUT2D eigenvalue weighted by Gasteiger charge is -2.06. The summed E-state index contributed by atoms with van der Waals surface area (Å²) in [6.07, 6.45) is 0.547. The fourth-order valence-electron chi connectivity index (χ4n) is 1.15. The third kappa shape index (κ3) is 3.49. The number of pyridine rings is 1. The number of aliphatic hydroxyl groups is 1. The molecular formula is C10H13ClN2O2. The van der Waals surface area contributed by atoms with E-state index in [4.69, 9.17) is 16.7 Å². The molecule has 2 N–H and O–H groups in total. The number of aryl methyl sites for hydroxylation is 1. The number of nitrogens with zero attached hydrogens (tertiary/aromatic N) is 1. The molecule has 0 atom stereocenters. The average molecular weight is 229 g/mol. The SMILES string of the molecule is Cc1nc(Cl)ccc1C(=O)NCCCO. The number of amides is 1. The van der Waals surface area contributed by atoms with E-state index in [1.165, 1.54) is 0 Å². The van der Waals surface area contributed by atoms with Gasteiger partial charge in [0.2, 0.25) is 0 Å². The fourth-order valence-corrected chi connectivity index (χ4v) is 1.34. The van der Waals surface area contributed by atoms with Crippen LogP contribution >= 0.6 is 11.6 Å². The first-order chi connectivity index (χ1) is 7.15. The van der Waals surface area contributed by atoms with Gasteiger partial charge < -0.3 is 10.4 Å². The van der Waals surface area contributed by atoms with Crippen LogP contribution in [0.25, 0.3) is 0 Å². The predicted octanol–water partition coefficient (Wildman–Crippen LogP) is 1.16. The van der Waals surface area contributed by atoms with E-state index in [1.807, 2.05) is 0 Å². The van der Waals surface area contributed by atoms with Crippen LogP contribution in [-0.2, 0) is 0 Å². The van der Waals surface area contributed by atoms with Crippen LogP contribution in [0.2, 0.25) is 5.15 Å². The van der Waals surface area contributed by atoms with Gasteiger partial charge in [0.15, 0.2) is 0 Å². The van der Waals surface area contributed by atoms with Gasteiger partial charge in [0.1, 0.15) is 5.15 Å². The molecule has 1 amide bonds. The molecule has 1 heterocycles. The second-order valence-electron chi connectivity index (χ2n) is 3.10. The summed E-state index contributed by atoms with van der Waals surface area (Å²) in [7, 11) is 0. The van der Waals surface area contributed by atoms with E-state index in [2.05, 4.69) is 10.3 Å². The van der Waals surface area contributed by atoms with Crippen molar-refractivity contribution in [2.45, 2.75) is 13.3 Å². The Kier molecular flexibility index (Phi) is 4.52. The van der Waals surface area contributed by atoms with E-state index in [-0.39, 0.29) is 12.5 Å². The molecule has 0 aliphatic rings. The second kappa shape index (κ2) is 5.68. The van der Waals surface area contributed by atoms with Gasteiger partial charge in [-0.25, -0.2) is 4.98 Å². The van der Waals surface area contributed by atoms with Crippen molar-refractivity contribution in [2.75, 3.05) is 13.2 Å². The summed E-state index contributed by atoms with van der Waals surface area (Å²) in [6, 6.07) is 3.22. The van der Waals surface area contributed by atoms with Crippen LogP contribution in [0.1, 0.15) is 22.5 Å². The molecule has 0 aliphatic carbocycles. The molecule has 4 nitrogen and oxygen atoms in total. The maximum atomic E-state index is 11.6. The Labute approximate surface area is 93.3 Å². The number of nitrogens with one attached hydrogen (secondary N) is 1. The number of halogens is 1. The van der Waals surface area contributed by atoms with Gasteiger partial charge in [-0.05, 0) is 25.5 Å². The van der Waals surface area contributed by atoms with E-state index in [0.717, 1.165) is 0 Å². The van der Waals surface area contributed by atoms with Gasteiger partial charge in [-0.1, -0.05) is 11.6 Å². The Morgan fingerprint density at radius 2 is 2.33 bits per heavy atom. The molecule has 1 rings (SSSR count). The zero-order valence-corrected chi connectivity index (χ0v) is 9.21. The average Bonchev–Trinajstić information content (AvgIpc) is 2.17. The first-order valence-electron chi connectivity index (χ1n) is 4.67. The number of carbonyl (C=O) groups excluding carboxylic acids is 1. The summed E-state index contributed by atoms with van der Waals surface area (Å²) < 4.78 is 0. The van der Waals surface area contributed by atoms with Gasteiger partial charge in [-0.2, -0.15) is 0 Å². The minimum Gasteiger partial charge on any atom is -0.396 e. The summed E-state index contributed by atoms with van der Waals surface area (Å²) in [6.45, 7) is 2.25. The highest BCUT2D eigenvalue weighted by atomic mass is 35.5. The van der Waals surface area contributed by atoms with Crippen molar-refractivity contribution in [3.63, 3.8) is 0 Å². The molecule has 0 spiro atoms. The molecule has 0 saturated carbocycles. The molecule has 5 heteroatoms. The molecule has 0 saturated heterocycles. The molecule has 15 heavy (non-hydrogen) atoms. The molecule has 1 aromatic heterocycles. The highest BCUT2D eigenvalue weighted by molar-refractivity contribution is 6.29. The van der Waals surface area contributed by atoms with E-state index < -0.39 is 0 Å². The van der Waals surface area contributed by atoms with E-state index in [0.29, 0.717) is 29.4 Å². The zero-order valence-electron chi connectivity index (χ0n) is 8.46. The van der Waals surface area contributed by atoms with Gasteiger partial charge in [0.25, 0.3) is 5.91 Å². The Morgan fingerprint density at radius 1 is 1.60 bits per heavy atom. The summed E-state index contributed by atoms with van der Waals surface area (Å²) >= 11 is 5.67. The largest absolute Gasteiger partial charge is 0.396 e. The molecule has 0 radical (unpaired) electrons. The number of carbonyl (C=O) groups is 1. The summed E-state index contributed by atoms with van der Waals surface area (Å²) in [5, 5.41) is 11.6. The summed E-state index contributed by atoms with van der Waals surface area (Å²) in [5.41, 5.74) is 1.11. The van der Waals surface area contributed by atoms with Crippen LogP contribution in [0.3, 0.4) is 0 Å². The fraction of sp³-hybridized carbons (Fsp3) is 0.400. The first kappa shape index (κ1) is 11.9. The molecule has 0 fully saturated rings. The van der Waals surface area contributed by atoms with Gasteiger partial charge >= 0.3 is 0 Å². The lowest BCUT2D eigenvalue weighted by molar-refractivity contribution is 0.0950. The zero-order chi connectivity index (χ0) is 11.3. The number of hydrogen-bond donors (Lipinski definition) is 2. The Hall–Kier alpha value is -1.13. The topological polar surface area (TPSA) is 62.2 Å². The van der Waals surface area contributed by atoms with Gasteiger partial charge in [0, 0.05) is 13.2 Å². The summed E-state index contributed by atoms with van der Waals surface area (Å²) in [5.74, 6) is -0.190. The maximum Gasteiger partial charge on any atom is 0.253 e. The van der Waals surface area contributed by atoms with E-state index in [1.54, 1.807) is 19.1 Å². The molecule has 0 unspecified atom stereocenters. The quantitative estimate of drug-likeness (QED) is 0.601. The van der Waals surface area contributed by atoms with Gasteiger partial charge in [0.05, 0.1) is 11.3 Å². The summed E-state index contributed by atoms with van der Waals surface area (Å²) in [4.78, 5) is 15.6. The third-order valence-corrected chi connectivity index (χ3v) is 2.13. The number of aliphatic hydroxyl groups excluding tert-OH is 1. The Balaban J connectivity index is 2.65. The van der Waals surface area contributed by atoms with Gasteiger partial charge in [-0.15, -0.1) is 0 Å². The number of hydrogen-bond acceptors (Lipinski definition) is 3. The lowest BCUT2D eigenvalue weighted by Crippen LogP contribution is -2.26. The molecule has 82 valence electrons. The van der Waals surface area contributed by atoms with Crippen LogP contribution in [0, 0.1) is 6.92 Å². The minimum absolute atomic E-state index is 0.0676. The van der Waals surface area contributed by atoms with Gasteiger partial charge in [-0.3, -0.25) is 4.79 Å². The Morgan fingerprint density at radius 3 is 2.93 bits per heavy atom. The first-order valence-corrected chi connectivity index (χ1v) is 5.05. The minimum atomic E-state index is -0.190. The third-order valence-electron chi connectivity index (χ3n) is 1.92. The van der Waals surface area contributed by atoms with Crippen LogP contribution < -0.4 is 5.32 Å². The lowest BCUT2D eigenvalue weighted by atomic mass is 10.2. The number of aromatic nitrogens is 1. The van der Waals surface area contributed by atoms with E-state index >= 15 is 0 Å². The van der Waals surface area contributed by atoms with Crippen LogP contribution in [0.4, 0.5) is 0 Å². The van der Waals surface area contributed by atoms with Crippen molar-refractivity contribution < 1.29 is 9.90 Å². The van der Waals surface area contributed by atoms with Crippen molar-refractivity contribution in [1.29, 1.82) is 0 Å². The number of rotatable bonds is 4. The highest BCUT2D eigenvalue weighted by Gasteiger charge is 2.09. The molecule has 0 aromatic carbocycles. The molecule has 0 bridgehead atoms. The van der Waals surface area contributed by atoms with Crippen molar-refractivity contribution in [3.8, 4) is 0 Å². The predicted molar refractivity (Wildman–Crippen MR) is 58.0 cm³/mol. The van der Waals surface area contributed by atoms with Crippen LogP contribution in [0.15, 0.2) is 12.1 Å². The van der Waals surface area contributed by atoms with Crippen LogP contribution in [0.5, 0.6) is 0 Å². The standard InChI is InChI=1S/C10H13ClN2O2/c1-7-8(3-4-9(11)13-7)10(15)12-5-2-6-14/h3-4,14H,2,5-6H2,1H3,(H,12,15). The second-order valence-corrected chi connectivity index (χ2v) is 3.49. The van der Waals surface area contributed by atoms with Crippen LogP contribution in [-0.4, -0.2) is 29.1 Å². The molecular weight excluding hydrogens is 216 g/mol. The molecule has 0 aliphatic heterocycles.